The predicted molar refractivity (Wildman–Crippen MR) is 105 cm³/mol. The Bertz CT molecular complexity index is 926. The van der Waals surface area contributed by atoms with E-state index in [-0.39, 0.29) is 17.1 Å². The van der Waals surface area contributed by atoms with E-state index in [2.05, 4.69) is 12.2 Å². The zero-order valence-electron chi connectivity index (χ0n) is 15.2. The summed E-state index contributed by atoms with van der Waals surface area (Å²) in [5.74, 6) is -0.812. The van der Waals surface area contributed by atoms with Crippen molar-refractivity contribution in [1.29, 1.82) is 5.26 Å². The van der Waals surface area contributed by atoms with Crippen LogP contribution in [0.2, 0.25) is 0 Å². The summed E-state index contributed by atoms with van der Waals surface area (Å²) in [6, 6.07) is 18.7. The largest absolute Gasteiger partial charge is 0.347 e. The number of benzene rings is 2. The molecule has 0 saturated heterocycles. The average Bonchev–Trinajstić information content (AvgIpc) is 2.98. The predicted octanol–water partition coefficient (Wildman–Crippen LogP) is 3.43. The van der Waals surface area contributed by atoms with Crippen LogP contribution in [0.3, 0.4) is 0 Å². The van der Waals surface area contributed by atoms with Gasteiger partial charge in [-0.3, -0.25) is 9.59 Å². The monoisotopic (exact) mass is 359 g/mol. The molecule has 0 radical (unpaired) electrons. The van der Waals surface area contributed by atoms with Crippen LogP contribution in [0.25, 0.3) is 5.57 Å². The first-order chi connectivity index (χ1) is 13.2. The zero-order valence-corrected chi connectivity index (χ0v) is 15.2. The Morgan fingerprint density at radius 3 is 2.52 bits per heavy atom. The van der Waals surface area contributed by atoms with E-state index in [1.807, 2.05) is 54.6 Å². The molecule has 3 rings (SSSR count). The van der Waals surface area contributed by atoms with Gasteiger partial charge < -0.3 is 10.2 Å². The summed E-state index contributed by atoms with van der Waals surface area (Å²) >= 11 is 0. The number of nitrogens with one attached hydrogen (secondary N) is 1. The summed E-state index contributed by atoms with van der Waals surface area (Å²) in [6.45, 7) is 2.93. The van der Waals surface area contributed by atoms with Crippen molar-refractivity contribution in [3.8, 4) is 6.07 Å². The molecular formula is C22H21N3O2. The Morgan fingerprint density at radius 2 is 1.81 bits per heavy atom. The van der Waals surface area contributed by atoms with Crippen LogP contribution in [0.4, 0.5) is 5.69 Å². The summed E-state index contributed by atoms with van der Waals surface area (Å²) < 4.78 is 0. The highest BCUT2D eigenvalue weighted by molar-refractivity contribution is 6.37. The van der Waals surface area contributed by atoms with Gasteiger partial charge in [-0.05, 0) is 18.1 Å². The van der Waals surface area contributed by atoms with Gasteiger partial charge in [0.1, 0.15) is 11.6 Å². The van der Waals surface area contributed by atoms with Gasteiger partial charge in [0.05, 0.1) is 11.3 Å². The third-order valence-corrected chi connectivity index (χ3v) is 4.54. The highest BCUT2D eigenvalue weighted by Gasteiger charge is 2.35. The number of unbranched alkanes of at least 4 members (excludes halogenated alkanes) is 1. The van der Waals surface area contributed by atoms with E-state index in [1.54, 1.807) is 11.0 Å². The van der Waals surface area contributed by atoms with Crippen LogP contribution >= 0.6 is 0 Å². The molecule has 0 atom stereocenters. The van der Waals surface area contributed by atoms with E-state index in [0.717, 1.165) is 24.1 Å². The van der Waals surface area contributed by atoms with Crippen molar-refractivity contribution in [2.45, 2.75) is 26.3 Å². The fourth-order valence-electron chi connectivity index (χ4n) is 3.15. The maximum absolute atomic E-state index is 13.0. The normalized spacial score (nSPS) is 14.5. The minimum Gasteiger partial charge on any atom is -0.347 e. The molecule has 2 aromatic rings. The first kappa shape index (κ1) is 18.4. The maximum Gasteiger partial charge on any atom is 0.263 e. The fourth-order valence-corrected chi connectivity index (χ4v) is 3.15. The lowest BCUT2D eigenvalue weighted by Crippen LogP contribution is -2.30. The van der Waals surface area contributed by atoms with E-state index >= 15 is 0 Å². The number of fused-ring (bicyclic) bond motifs is 1. The van der Waals surface area contributed by atoms with Crippen molar-refractivity contribution in [3.63, 3.8) is 0 Å². The number of amides is 2. The summed E-state index contributed by atoms with van der Waals surface area (Å²) in [4.78, 5) is 27.3. The number of nitrogens with zero attached hydrogens (tertiary/aromatic N) is 2. The van der Waals surface area contributed by atoms with Gasteiger partial charge in [-0.2, -0.15) is 5.26 Å². The van der Waals surface area contributed by atoms with Crippen molar-refractivity contribution >= 4 is 23.1 Å². The molecule has 5 heteroatoms. The quantitative estimate of drug-likeness (QED) is 0.634. The lowest BCUT2D eigenvalue weighted by atomic mass is 10.0. The van der Waals surface area contributed by atoms with Crippen LogP contribution in [-0.4, -0.2) is 18.4 Å². The van der Waals surface area contributed by atoms with Gasteiger partial charge in [-0.15, -0.1) is 0 Å². The number of anilines is 1. The first-order valence-corrected chi connectivity index (χ1v) is 9.05. The summed E-state index contributed by atoms with van der Waals surface area (Å²) in [5.41, 5.74) is 2.38. The molecule has 0 bridgehead atoms. The molecule has 2 aromatic carbocycles. The average molecular weight is 359 g/mol. The SMILES string of the molecule is CCCCN1C(=O)/C(=C(\C#N)C(=O)NCc2ccccc2)c2ccccc21. The lowest BCUT2D eigenvalue weighted by molar-refractivity contribution is -0.118. The second kappa shape index (κ2) is 8.33. The topological polar surface area (TPSA) is 73.2 Å². The molecule has 0 fully saturated rings. The Morgan fingerprint density at radius 1 is 1.11 bits per heavy atom. The number of hydrogen-bond acceptors (Lipinski definition) is 3. The van der Waals surface area contributed by atoms with Gasteiger partial charge in [-0.25, -0.2) is 0 Å². The molecule has 0 aliphatic carbocycles. The van der Waals surface area contributed by atoms with Gasteiger partial charge in [0.15, 0.2) is 0 Å². The van der Waals surface area contributed by atoms with E-state index < -0.39 is 5.91 Å². The van der Waals surface area contributed by atoms with Gasteiger partial charge in [0.25, 0.3) is 11.8 Å². The van der Waals surface area contributed by atoms with Crippen LogP contribution in [0, 0.1) is 11.3 Å². The van der Waals surface area contributed by atoms with Crippen LogP contribution in [0.5, 0.6) is 0 Å². The molecule has 0 aromatic heterocycles. The van der Waals surface area contributed by atoms with Crippen LogP contribution < -0.4 is 10.2 Å². The Hall–Kier alpha value is -3.39. The number of rotatable bonds is 6. The highest BCUT2D eigenvalue weighted by atomic mass is 16.2. The molecule has 1 aliphatic rings. The molecule has 1 N–H and O–H groups in total. The molecule has 1 aliphatic heterocycles. The molecule has 1 heterocycles. The smallest absolute Gasteiger partial charge is 0.263 e. The van der Waals surface area contributed by atoms with E-state index in [1.165, 1.54) is 0 Å². The summed E-state index contributed by atoms with van der Waals surface area (Å²) in [6.07, 6.45) is 1.81. The van der Waals surface area contributed by atoms with Gasteiger partial charge in [0, 0.05) is 18.7 Å². The van der Waals surface area contributed by atoms with E-state index in [0.29, 0.717) is 18.7 Å². The Kier molecular flexibility index (Phi) is 5.68. The minimum atomic E-state index is -0.531. The number of nitriles is 1. The molecule has 136 valence electrons. The van der Waals surface area contributed by atoms with Crippen LogP contribution in [-0.2, 0) is 16.1 Å². The third-order valence-electron chi connectivity index (χ3n) is 4.54. The second-order valence-corrected chi connectivity index (χ2v) is 6.36. The number of para-hydroxylation sites is 1. The Balaban J connectivity index is 1.92. The maximum atomic E-state index is 13.0. The van der Waals surface area contributed by atoms with E-state index in [9.17, 15) is 14.9 Å². The van der Waals surface area contributed by atoms with Crippen LogP contribution in [0.15, 0.2) is 60.2 Å². The summed E-state index contributed by atoms with van der Waals surface area (Å²) in [5, 5.41) is 12.4. The molecule has 0 saturated carbocycles. The van der Waals surface area contributed by atoms with Crippen molar-refractivity contribution in [1.82, 2.24) is 5.32 Å². The van der Waals surface area contributed by atoms with Crippen molar-refractivity contribution in [2.75, 3.05) is 11.4 Å². The third kappa shape index (κ3) is 3.75. The first-order valence-electron chi connectivity index (χ1n) is 9.05. The second-order valence-electron chi connectivity index (χ2n) is 6.36. The number of hydrogen-bond donors (Lipinski definition) is 1. The summed E-state index contributed by atoms with van der Waals surface area (Å²) in [7, 11) is 0. The standard InChI is InChI=1S/C22H21N3O2/c1-2-3-13-25-19-12-8-7-11-17(19)20(22(25)27)18(14-23)21(26)24-15-16-9-5-4-6-10-16/h4-12H,2-3,13,15H2,1H3,(H,24,26)/b20-18+. The molecule has 5 nitrogen and oxygen atoms in total. The molecule has 0 unspecified atom stereocenters. The molecule has 2 amide bonds. The van der Waals surface area contributed by atoms with Crippen LogP contribution in [0.1, 0.15) is 30.9 Å². The molecule has 27 heavy (non-hydrogen) atoms. The lowest BCUT2D eigenvalue weighted by Gasteiger charge is -2.16. The Labute approximate surface area is 158 Å². The molecule has 0 spiro atoms. The molecular weight excluding hydrogens is 338 g/mol. The number of carbonyl (C=O) groups is 2. The minimum absolute atomic E-state index is 0.137. The fraction of sp³-hybridized carbons (Fsp3) is 0.227. The van der Waals surface area contributed by atoms with Crippen molar-refractivity contribution < 1.29 is 9.59 Å². The van der Waals surface area contributed by atoms with Gasteiger partial charge in [-0.1, -0.05) is 61.9 Å². The van der Waals surface area contributed by atoms with Crippen molar-refractivity contribution in [3.05, 3.63) is 71.3 Å². The number of carbonyl (C=O) groups excluding carboxylic acids is 2. The van der Waals surface area contributed by atoms with Crippen molar-refractivity contribution in [2.24, 2.45) is 0 Å². The van der Waals surface area contributed by atoms with E-state index in [4.69, 9.17) is 0 Å². The van der Waals surface area contributed by atoms with Gasteiger partial charge >= 0.3 is 0 Å². The highest BCUT2D eigenvalue weighted by Crippen LogP contribution is 2.38. The zero-order chi connectivity index (χ0) is 19.2. The van der Waals surface area contributed by atoms with Gasteiger partial charge in [0.2, 0.25) is 0 Å².